The van der Waals surface area contributed by atoms with Crippen molar-refractivity contribution in [3.05, 3.63) is 0 Å². The molecule has 0 aromatic carbocycles. The molecule has 4 heteroatoms. The second-order valence-corrected chi connectivity index (χ2v) is 4.34. The van der Waals surface area contributed by atoms with E-state index in [-0.39, 0.29) is 12.0 Å². The first-order valence-electron chi connectivity index (χ1n) is 4.90. The lowest BCUT2D eigenvalue weighted by atomic mass is 9.97. The van der Waals surface area contributed by atoms with Gasteiger partial charge in [0.15, 0.2) is 0 Å². The van der Waals surface area contributed by atoms with Crippen LogP contribution in [0.3, 0.4) is 0 Å². The molecule has 1 unspecified atom stereocenters. The summed E-state index contributed by atoms with van der Waals surface area (Å²) in [6.07, 6.45) is -3.84. The van der Waals surface area contributed by atoms with E-state index >= 15 is 0 Å². The molecule has 0 saturated heterocycles. The van der Waals surface area contributed by atoms with Gasteiger partial charge in [0, 0.05) is 0 Å². The Morgan fingerprint density at radius 3 is 1.86 bits per heavy atom. The highest BCUT2D eigenvalue weighted by Gasteiger charge is 2.30. The second kappa shape index (κ2) is 5.59. The molecule has 0 heterocycles. The summed E-state index contributed by atoms with van der Waals surface area (Å²) in [6, 6.07) is 0. The van der Waals surface area contributed by atoms with Crippen LogP contribution in [0.1, 0.15) is 34.1 Å². The monoisotopic (exact) mass is 212 g/mol. The molecule has 0 rings (SSSR count). The van der Waals surface area contributed by atoms with Gasteiger partial charge in [-0.05, 0) is 18.3 Å². The van der Waals surface area contributed by atoms with E-state index in [9.17, 15) is 13.2 Å². The minimum Gasteiger partial charge on any atom is -0.369 e. The van der Waals surface area contributed by atoms with Crippen molar-refractivity contribution in [3.8, 4) is 0 Å². The molecule has 0 N–H and O–H groups in total. The maximum atomic E-state index is 11.9. The molecule has 0 saturated carbocycles. The van der Waals surface area contributed by atoms with Gasteiger partial charge in [0.25, 0.3) is 0 Å². The predicted octanol–water partition coefficient (Wildman–Crippen LogP) is 3.64. The van der Waals surface area contributed by atoms with Crippen molar-refractivity contribution in [2.45, 2.75) is 46.4 Å². The summed E-state index contributed by atoms with van der Waals surface area (Å²) in [5.41, 5.74) is 0. The first kappa shape index (κ1) is 13.8. The number of hydrogen-bond donors (Lipinski definition) is 0. The molecule has 0 aliphatic heterocycles. The maximum Gasteiger partial charge on any atom is 0.411 e. The quantitative estimate of drug-likeness (QED) is 0.676. The van der Waals surface area contributed by atoms with Crippen LogP contribution in [0.4, 0.5) is 13.2 Å². The van der Waals surface area contributed by atoms with Gasteiger partial charge in [0.1, 0.15) is 6.61 Å². The summed E-state index contributed by atoms with van der Waals surface area (Å²) in [6.45, 7) is 6.58. The topological polar surface area (TPSA) is 9.23 Å². The van der Waals surface area contributed by atoms with Crippen LogP contribution in [0.5, 0.6) is 0 Å². The fraction of sp³-hybridized carbons (Fsp3) is 1.00. The maximum absolute atomic E-state index is 11.9. The van der Waals surface area contributed by atoms with Crippen molar-refractivity contribution in [1.29, 1.82) is 0 Å². The molecule has 0 aliphatic rings. The van der Waals surface area contributed by atoms with Crippen molar-refractivity contribution in [3.63, 3.8) is 0 Å². The zero-order valence-electron chi connectivity index (χ0n) is 9.19. The van der Waals surface area contributed by atoms with Crippen LogP contribution in [-0.2, 0) is 4.74 Å². The highest BCUT2D eigenvalue weighted by molar-refractivity contribution is 4.65. The van der Waals surface area contributed by atoms with Crippen molar-refractivity contribution in [2.75, 3.05) is 6.61 Å². The summed E-state index contributed by atoms with van der Waals surface area (Å²) in [4.78, 5) is 0. The molecule has 1 atom stereocenters. The lowest BCUT2D eigenvalue weighted by Gasteiger charge is -2.23. The van der Waals surface area contributed by atoms with Gasteiger partial charge in [-0.25, -0.2) is 0 Å². The molecule has 0 radical (unpaired) electrons. The Labute approximate surface area is 83.6 Å². The van der Waals surface area contributed by atoms with Crippen molar-refractivity contribution < 1.29 is 17.9 Å². The summed E-state index contributed by atoms with van der Waals surface area (Å²) in [7, 11) is 0. The third kappa shape index (κ3) is 7.18. The first-order valence-corrected chi connectivity index (χ1v) is 4.90. The van der Waals surface area contributed by atoms with Gasteiger partial charge in [-0.2, -0.15) is 13.2 Å². The molecular weight excluding hydrogens is 193 g/mol. The molecule has 86 valence electrons. The zero-order valence-corrected chi connectivity index (χ0v) is 9.19. The molecule has 0 aromatic rings. The Bertz CT molecular complexity index is 152. The Balaban J connectivity index is 3.98. The summed E-state index contributed by atoms with van der Waals surface area (Å²) in [5.74, 6) is 0.482. The smallest absolute Gasteiger partial charge is 0.369 e. The van der Waals surface area contributed by atoms with Crippen LogP contribution in [-0.4, -0.2) is 18.9 Å². The zero-order chi connectivity index (χ0) is 11.4. The van der Waals surface area contributed by atoms with E-state index in [1.54, 1.807) is 0 Å². The van der Waals surface area contributed by atoms with E-state index in [1.165, 1.54) is 0 Å². The van der Waals surface area contributed by atoms with E-state index in [4.69, 9.17) is 4.74 Å². The van der Waals surface area contributed by atoms with E-state index in [2.05, 4.69) is 0 Å². The minimum atomic E-state index is -4.22. The fourth-order valence-electron chi connectivity index (χ4n) is 1.20. The van der Waals surface area contributed by atoms with Gasteiger partial charge in [0.05, 0.1) is 6.10 Å². The molecule has 0 amide bonds. The minimum absolute atomic E-state index is 0.125. The van der Waals surface area contributed by atoms with Gasteiger partial charge >= 0.3 is 6.18 Å². The molecule has 0 fully saturated rings. The van der Waals surface area contributed by atoms with Crippen LogP contribution in [0, 0.1) is 11.8 Å². The van der Waals surface area contributed by atoms with Crippen LogP contribution in [0.15, 0.2) is 0 Å². The second-order valence-electron chi connectivity index (χ2n) is 4.34. The lowest BCUT2D eigenvalue weighted by molar-refractivity contribution is -0.190. The highest BCUT2D eigenvalue weighted by atomic mass is 19.4. The summed E-state index contributed by atoms with van der Waals surface area (Å²) < 4.78 is 40.5. The average Bonchev–Trinajstić information content (AvgIpc) is 1.94. The Hall–Kier alpha value is -0.250. The van der Waals surface area contributed by atoms with Crippen molar-refractivity contribution in [1.82, 2.24) is 0 Å². The number of rotatable bonds is 5. The Morgan fingerprint density at radius 2 is 1.57 bits per heavy atom. The van der Waals surface area contributed by atoms with Gasteiger partial charge in [0.2, 0.25) is 0 Å². The van der Waals surface area contributed by atoms with Crippen LogP contribution in [0.2, 0.25) is 0 Å². The molecule has 0 aliphatic carbocycles. The predicted molar refractivity (Wildman–Crippen MR) is 50.1 cm³/mol. The highest BCUT2D eigenvalue weighted by Crippen LogP contribution is 2.21. The van der Waals surface area contributed by atoms with Crippen molar-refractivity contribution in [2.24, 2.45) is 11.8 Å². The molecule has 14 heavy (non-hydrogen) atoms. The third-order valence-corrected chi connectivity index (χ3v) is 1.91. The van der Waals surface area contributed by atoms with Gasteiger partial charge in [-0.1, -0.05) is 27.7 Å². The number of halogens is 3. The normalized spacial score (nSPS) is 15.2. The van der Waals surface area contributed by atoms with Crippen LogP contribution >= 0.6 is 0 Å². The first-order chi connectivity index (χ1) is 6.22. The summed E-state index contributed by atoms with van der Waals surface area (Å²) >= 11 is 0. The van der Waals surface area contributed by atoms with Crippen LogP contribution < -0.4 is 0 Å². The van der Waals surface area contributed by atoms with Crippen molar-refractivity contribution >= 4 is 0 Å². The lowest BCUT2D eigenvalue weighted by Crippen LogP contribution is -2.28. The Morgan fingerprint density at radius 1 is 1.07 bits per heavy atom. The molecular formula is C10H19F3O. The number of alkyl halides is 3. The van der Waals surface area contributed by atoms with Gasteiger partial charge < -0.3 is 4.74 Å². The standard InChI is InChI=1S/C10H19F3O/c1-7(2)5-9(8(3)4)14-6-10(11,12)13/h7-9H,5-6H2,1-4H3. The summed E-state index contributed by atoms with van der Waals surface area (Å²) in [5, 5.41) is 0. The van der Waals surface area contributed by atoms with E-state index in [0.717, 1.165) is 0 Å². The number of ether oxygens (including phenoxy) is 1. The number of hydrogen-bond acceptors (Lipinski definition) is 1. The van der Waals surface area contributed by atoms with E-state index < -0.39 is 12.8 Å². The van der Waals surface area contributed by atoms with Gasteiger partial charge in [-0.3, -0.25) is 0 Å². The van der Waals surface area contributed by atoms with E-state index in [1.807, 2.05) is 27.7 Å². The van der Waals surface area contributed by atoms with Gasteiger partial charge in [-0.15, -0.1) is 0 Å². The van der Waals surface area contributed by atoms with E-state index in [0.29, 0.717) is 12.3 Å². The molecule has 1 nitrogen and oxygen atoms in total. The van der Waals surface area contributed by atoms with Crippen LogP contribution in [0.25, 0.3) is 0 Å². The largest absolute Gasteiger partial charge is 0.411 e. The average molecular weight is 212 g/mol. The third-order valence-electron chi connectivity index (χ3n) is 1.91. The molecule has 0 spiro atoms. The SMILES string of the molecule is CC(C)CC(OCC(F)(F)F)C(C)C. The Kier molecular flexibility index (Phi) is 5.49. The fourth-order valence-corrected chi connectivity index (χ4v) is 1.20. The molecule has 0 bridgehead atoms. The molecule has 0 aromatic heterocycles.